The van der Waals surface area contributed by atoms with Gasteiger partial charge in [-0.25, -0.2) is 0 Å². The second-order valence-electron chi connectivity index (χ2n) is 4.32. The topological polar surface area (TPSA) is 29.3 Å². The predicted molar refractivity (Wildman–Crippen MR) is 72.8 cm³/mol. The second kappa shape index (κ2) is 7.01. The number of halogens is 4. The molecular formula is C13H18ClF3N2. The van der Waals surface area contributed by atoms with E-state index in [1.54, 1.807) is 18.2 Å². The molecule has 1 aromatic rings. The van der Waals surface area contributed by atoms with Crippen LogP contribution in [0, 0.1) is 0 Å². The molecule has 0 spiro atoms. The van der Waals surface area contributed by atoms with Crippen LogP contribution in [0.2, 0.25) is 5.02 Å². The van der Waals surface area contributed by atoms with Gasteiger partial charge >= 0.3 is 6.18 Å². The summed E-state index contributed by atoms with van der Waals surface area (Å²) in [6.45, 7) is 1.52. The van der Waals surface area contributed by atoms with Crippen molar-refractivity contribution >= 4 is 17.3 Å². The van der Waals surface area contributed by atoms with Gasteiger partial charge in [0, 0.05) is 6.54 Å². The van der Waals surface area contributed by atoms with Crippen LogP contribution < -0.4 is 10.6 Å². The predicted octanol–water partition coefficient (Wildman–Crippen LogP) is 3.62. The van der Waals surface area contributed by atoms with Crippen LogP contribution in [0.1, 0.15) is 18.9 Å². The molecule has 6 heteroatoms. The minimum atomic E-state index is -4.26. The van der Waals surface area contributed by atoms with E-state index < -0.39 is 12.7 Å². The number of hydrogen-bond donors (Lipinski definition) is 1. The molecule has 19 heavy (non-hydrogen) atoms. The molecule has 2 N–H and O–H groups in total. The van der Waals surface area contributed by atoms with E-state index in [4.69, 9.17) is 17.3 Å². The summed E-state index contributed by atoms with van der Waals surface area (Å²) in [4.78, 5) is 1.29. The van der Waals surface area contributed by atoms with E-state index in [0.717, 1.165) is 5.56 Å². The number of alkyl halides is 3. The summed E-state index contributed by atoms with van der Waals surface area (Å²) in [6.07, 6.45) is -3.13. The molecule has 0 bridgehead atoms. The van der Waals surface area contributed by atoms with Gasteiger partial charge in [0.2, 0.25) is 0 Å². The number of rotatable bonds is 6. The molecule has 0 aliphatic heterocycles. The fourth-order valence-electron chi connectivity index (χ4n) is 2.03. The Labute approximate surface area is 116 Å². The zero-order valence-electron chi connectivity index (χ0n) is 10.8. The Balaban J connectivity index is 3.13. The van der Waals surface area contributed by atoms with Crippen molar-refractivity contribution < 1.29 is 13.2 Å². The number of hydrogen-bond acceptors (Lipinski definition) is 2. The van der Waals surface area contributed by atoms with Crippen molar-refractivity contribution in [2.75, 3.05) is 24.5 Å². The first-order chi connectivity index (χ1) is 8.89. The second-order valence-corrected chi connectivity index (χ2v) is 4.73. The summed E-state index contributed by atoms with van der Waals surface area (Å²) in [7, 11) is 0. The summed E-state index contributed by atoms with van der Waals surface area (Å²) < 4.78 is 38.0. The van der Waals surface area contributed by atoms with Gasteiger partial charge in [0.25, 0.3) is 0 Å². The smallest absolute Gasteiger partial charge is 0.361 e. The summed E-state index contributed by atoms with van der Waals surface area (Å²) in [5, 5.41) is 0.337. The van der Waals surface area contributed by atoms with Crippen LogP contribution in [0.5, 0.6) is 0 Å². The summed E-state index contributed by atoms with van der Waals surface area (Å²) in [6, 6.07) is 5.11. The number of nitrogens with two attached hydrogens (primary N) is 1. The van der Waals surface area contributed by atoms with Gasteiger partial charge in [-0.15, -0.1) is 0 Å². The lowest BCUT2D eigenvalue weighted by Gasteiger charge is -2.28. The summed E-state index contributed by atoms with van der Waals surface area (Å²) in [5.74, 6) is 0. The van der Waals surface area contributed by atoms with Gasteiger partial charge in [0.1, 0.15) is 6.54 Å². The zero-order chi connectivity index (χ0) is 14.5. The van der Waals surface area contributed by atoms with E-state index >= 15 is 0 Å². The molecule has 0 atom stereocenters. The fourth-order valence-corrected chi connectivity index (χ4v) is 2.34. The highest BCUT2D eigenvalue weighted by molar-refractivity contribution is 6.33. The lowest BCUT2D eigenvalue weighted by molar-refractivity contribution is -0.119. The molecule has 0 saturated carbocycles. The molecule has 0 amide bonds. The van der Waals surface area contributed by atoms with Crippen LogP contribution in [0.3, 0.4) is 0 Å². The Bertz CT molecular complexity index is 407. The molecule has 0 aromatic heterocycles. The van der Waals surface area contributed by atoms with Gasteiger partial charge in [0.05, 0.1) is 10.7 Å². The van der Waals surface area contributed by atoms with Crippen LogP contribution in [-0.2, 0) is 6.42 Å². The molecule has 0 heterocycles. The van der Waals surface area contributed by atoms with Gasteiger partial charge in [-0.3, -0.25) is 0 Å². The first kappa shape index (κ1) is 16.1. The molecule has 108 valence electrons. The molecule has 2 nitrogen and oxygen atoms in total. The third-order valence-corrected chi connectivity index (χ3v) is 2.97. The van der Waals surface area contributed by atoms with Crippen molar-refractivity contribution in [1.82, 2.24) is 0 Å². The number of para-hydroxylation sites is 1. The molecule has 0 saturated heterocycles. The molecule has 0 aliphatic carbocycles. The van der Waals surface area contributed by atoms with E-state index in [0.29, 0.717) is 36.6 Å². The Hall–Kier alpha value is -0.940. The van der Waals surface area contributed by atoms with Crippen LogP contribution in [0.25, 0.3) is 0 Å². The largest absolute Gasteiger partial charge is 0.405 e. The lowest BCUT2D eigenvalue weighted by atomic mass is 10.1. The van der Waals surface area contributed by atoms with Gasteiger partial charge < -0.3 is 10.6 Å². The van der Waals surface area contributed by atoms with Crippen LogP contribution in [0.15, 0.2) is 18.2 Å². The van der Waals surface area contributed by atoms with Crippen LogP contribution in [-0.4, -0.2) is 25.8 Å². The molecule has 1 rings (SSSR count). The maximum absolute atomic E-state index is 12.7. The monoisotopic (exact) mass is 294 g/mol. The van der Waals surface area contributed by atoms with Crippen LogP contribution in [0.4, 0.5) is 18.9 Å². The van der Waals surface area contributed by atoms with Crippen LogP contribution >= 0.6 is 11.6 Å². The van der Waals surface area contributed by atoms with E-state index in [1.807, 2.05) is 6.92 Å². The number of anilines is 1. The molecule has 0 radical (unpaired) electrons. The highest BCUT2D eigenvalue weighted by atomic mass is 35.5. The minimum absolute atomic E-state index is 0.306. The molecular weight excluding hydrogens is 277 g/mol. The van der Waals surface area contributed by atoms with Gasteiger partial charge in [-0.1, -0.05) is 30.7 Å². The Kier molecular flexibility index (Phi) is 5.94. The fraction of sp³-hybridized carbons (Fsp3) is 0.538. The number of nitrogens with zero attached hydrogens (tertiary/aromatic N) is 1. The Morgan fingerprint density at radius 3 is 2.53 bits per heavy atom. The first-order valence-electron chi connectivity index (χ1n) is 6.18. The Morgan fingerprint density at radius 1 is 1.32 bits per heavy atom. The highest BCUT2D eigenvalue weighted by Crippen LogP contribution is 2.32. The molecule has 0 aliphatic rings. The van der Waals surface area contributed by atoms with E-state index in [9.17, 15) is 13.2 Å². The average molecular weight is 295 g/mol. The van der Waals surface area contributed by atoms with E-state index in [-0.39, 0.29) is 0 Å². The van der Waals surface area contributed by atoms with Crippen molar-refractivity contribution in [3.63, 3.8) is 0 Å². The van der Waals surface area contributed by atoms with Crippen molar-refractivity contribution in [2.24, 2.45) is 5.73 Å². The highest BCUT2D eigenvalue weighted by Gasteiger charge is 2.32. The maximum atomic E-state index is 12.7. The van der Waals surface area contributed by atoms with E-state index in [2.05, 4.69) is 0 Å². The van der Waals surface area contributed by atoms with Crippen molar-refractivity contribution in [3.8, 4) is 0 Å². The zero-order valence-corrected chi connectivity index (χ0v) is 11.6. The van der Waals surface area contributed by atoms with Crippen molar-refractivity contribution in [1.29, 1.82) is 0 Å². The third-order valence-electron chi connectivity index (χ3n) is 2.66. The third kappa shape index (κ3) is 4.91. The Morgan fingerprint density at radius 2 is 2.00 bits per heavy atom. The maximum Gasteiger partial charge on any atom is 0.405 e. The van der Waals surface area contributed by atoms with Gasteiger partial charge in [0.15, 0.2) is 0 Å². The van der Waals surface area contributed by atoms with Crippen molar-refractivity contribution in [3.05, 3.63) is 28.8 Å². The quantitative estimate of drug-likeness (QED) is 0.868. The van der Waals surface area contributed by atoms with E-state index in [1.165, 1.54) is 4.90 Å². The standard InChI is InChI=1S/C13H18ClF3N2/c1-2-8-19(9-13(15,16)17)12-10(6-7-18)4-3-5-11(12)14/h3-5H,2,6-9,18H2,1H3. The molecule has 0 fully saturated rings. The number of benzene rings is 1. The summed E-state index contributed by atoms with van der Waals surface area (Å²) in [5.41, 5.74) is 6.71. The van der Waals surface area contributed by atoms with Crippen molar-refractivity contribution in [2.45, 2.75) is 25.9 Å². The summed E-state index contributed by atoms with van der Waals surface area (Å²) >= 11 is 6.07. The first-order valence-corrected chi connectivity index (χ1v) is 6.56. The lowest BCUT2D eigenvalue weighted by Crippen LogP contribution is -2.35. The van der Waals surface area contributed by atoms with Gasteiger partial charge in [-0.2, -0.15) is 13.2 Å². The normalized spacial score (nSPS) is 11.7. The molecule has 0 unspecified atom stereocenters. The SMILES string of the molecule is CCCN(CC(F)(F)F)c1c(Cl)cccc1CCN. The average Bonchev–Trinajstić information content (AvgIpc) is 2.27. The minimum Gasteiger partial charge on any atom is -0.361 e. The van der Waals surface area contributed by atoms with Gasteiger partial charge in [-0.05, 0) is 31.0 Å². The molecule has 1 aromatic carbocycles.